The first kappa shape index (κ1) is 17.4. The van der Waals surface area contributed by atoms with Crippen molar-refractivity contribution in [2.45, 2.75) is 25.3 Å². The highest BCUT2D eigenvalue weighted by molar-refractivity contribution is 5.95. The number of amides is 1. The van der Waals surface area contributed by atoms with Crippen molar-refractivity contribution in [1.29, 1.82) is 0 Å². The fourth-order valence-electron chi connectivity index (χ4n) is 3.37. The third-order valence-electron chi connectivity index (χ3n) is 4.88. The van der Waals surface area contributed by atoms with Gasteiger partial charge in [0.2, 0.25) is 0 Å². The number of hydrogen-bond acceptors (Lipinski definition) is 3. The van der Waals surface area contributed by atoms with Crippen LogP contribution in [0.1, 0.15) is 35.3 Å². The van der Waals surface area contributed by atoms with E-state index >= 15 is 0 Å². The molecular weight excluding hydrogens is 326 g/mol. The number of nitrogens with zero attached hydrogens (tertiary/aromatic N) is 4. The van der Waals surface area contributed by atoms with Crippen LogP contribution in [0.15, 0.2) is 36.5 Å². The zero-order chi connectivity index (χ0) is 18.0. The molecule has 1 fully saturated rings. The lowest BCUT2D eigenvalue weighted by molar-refractivity contribution is 0.0699. The number of rotatable bonds is 4. The number of halogens is 2. The van der Waals surface area contributed by atoms with Gasteiger partial charge in [0.25, 0.3) is 12.3 Å². The van der Waals surface area contributed by atoms with Crippen LogP contribution in [-0.4, -0.2) is 46.8 Å². The Morgan fingerprint density at radius 3 is 2.48 bits per heavy atom. The summed E-state index contributed by atoms with van der Waals surface area (Å²) in [6.45, 7) is 1.11. The molecule has 134 valence electrons. The molecule has 25 heavy (non-hydrogen) atoms. The molecule has 5 nitrogen and oxygen atoms in total. The van der Waals surface area contributed by atoms with Crippen molar-refractivity contribution in [1.82, 2.24) is 14.7 Å². The number of para-hydroxylation sites is 1. The van der Waals surface area contributed by atoms with Crippen LogP contribution in [0.2, 0.25) is 0 Å². The van der Waals surface area contributed by atoms with Gasteiger partial charge < -0.3 is 9.80 Å². The topological polar surface area (TPSA) is 41.4 Å². The molecule has 0 N–H and O–H groups in total. The minimum absolute atomic E-state index is 0.00682. The second-order valence-corrected chi connectivity index (χ2v) is 6.34. The number of carbonyl (C=O) groups excluding carboxylic acids is 1. The number of aryl methyl sites for hydroxylation is 1. The van der Waals surface area contributed by atoms with Gasteiger partial charge in [-0.05, 0) is 25.0 Å². The number of piperidine rings is 1. The third kappa shape index (κ3) is 3.50. The van der Waals surface area contributed by atoms with Crippen molar-refractivity contribution >= 4 is 11.6 Å². The zero-order valence-corrected chi connectivity index (χ0v) is 14.4. The molecule has 2 aromatic rings. The Kier molecular flexibility index (Phi) is 5.01. The van der Waals surface area contributed by atoms with E-state index in [1.165, 1.54) is 13.2 Å². The van der Waals surface area contributed by atoms with Gasteiger partial charge in [0.15, 0.2) is 0 Å². The number of alkyl halides is 2. The van der Waals surface area contributed by atoms with Gasteiger partial charge >= 0.3 is 0 Å². The Morgan fingerprint density at radius 1 is 1.24 bits per heavy atom. The van der Waals surface area contributed by atoms with Gasteiger partial charge in [-0.15, -0.1) is 0 Å². The summed E-state index contributed by atoms with van der Waals surface area (Å²) in [7, 11) is 3.48. The molecule has 0 unspecified atom stereocenters. The van der Waals surface area contributed by atoms with Crippen LogP contribution < -0.4 is 4.90 Å². The first-order chi connectivity index (χ1) is 12.0. The van der Waals surface area contributed by atoms with E-state index in [1.807, 2.05) is 25.2 Å². The predicted octanol–water partition coefficient (Wildman–Crippen LogP) is 3.10. The van der Waals surface area contributed by atoms with Crippen LogP contribution in [-0.2, 0) is 7.05 Å². The first-order valence-electron chi connectivity index (χ1n) is 8.36. The van der Waals surface area contributed by atoms with Gasteiger partial charge in [-0.1, -0.05) is 18.2 Å². The Hall–Kier alpha value is -2.44. The average molecular weight is 348 g/mol. The fraction of sp³-hybridized carbons (Fsp3) is 0.444. The first-order valence-corrected chi connectivity index (χ1v) is 8.36. The lowest BCUT2D eigenvalue weighted by Gasteiger charge is -2.37. The molecular formula is C18H22F2N4O. The molecule has 0 radical (unpaired) electrons. The van der Waals surface area contributed by atoms with E-state index in [1.54, 1.807) is 4.90 Å². The number of carbonyl (C=O) groups is 1. The number of anilines is 1. The molecule has 3 rings (SSSR count). The Balaban J connectivity index is 1.65. The van der Waals surface area contributed by atoms with Crippen molar-refractivity contribution in [3.63, 3.8) is 0 Å². The summed E-state index contributed by atoms with van der Waals surface area (Å²) in [5, 5.41) is 3.82. The van der Waals surface area contributed by atoms with Crippen LogP contribution in [0.3, 0.4) is 0 Å². The molecule has 0 atom stereocenters. The molecule has 7 heteroatoms. The predicted molar refractivity (Wildman–Crippen MR) is 91.9 cm³/mol. The van der Waals surface area contributed by atoms with Gasteiger partial charge in [0.1, 0.15) is 5.69 Å². The molecule has 0 bridgehead atoms. The Morgan fingerprint density at radius 2 is 1.88 bits per heavy atom. The van der Waals surface area contributed by atoms with Gasteiger partial charge in [-0.3, -0.25) is 9.48 Å². The maximum Gasteiger partial charge on any atom is 0.280 e. The van der Waals surface area contributed by atoms with Crippen molar-refractivity contribution in [2.75, 3.05) is 25.0 Å². The number of benzene rings is 1. The summed E-state index contributed by atoms with van der Waals surface area (Å²) < 4.78 is 27.4. The van der Waals surface area contributed by atoms with E-state index in [0.29, 0.717) is 19.1 Å². The monoisotopic (exact) mass is 348 g/mol. The minimum Gasteiger partial charge on any atom is -0.371 e. The molecule has 1 aromatic carbocycles. The average Bonchev–Trinajstić information content (AvgIpc) is 3.03. The van der Waals surface area contributed by atoms with Crippen LogP contribution in [0, 0.1) is 0 Å². The lowest BCUT2D eigenvalue weighted by atomic mass is 10.0. The molecule has 0 aliphatic carbocycles. The zero-order valence-electron chi connectivity index (χ0n) is 14.4. The molecule has 1 amide bonds. The Bertz CT molecular complexity index is 724. The molecule has 0 saturated carbocycles. The second-order valence-electron chi connectivity index (χ2n) is 6.34. The molecule has 2 heterocycles. The summed E-state index contributed by atoms with van der Waals surface area (Å²) in [4.78, 5) is 16.5. The summed E-state index contributed by atoms with van der Waals surface area (Å²) in [5.74, 6) is -0.357. The van der Waals surface area contributed by atoms with E-state index in [4.69, 9.17) is 0 Å². The maximum atomic E-state index is 13.2. The van der Waals surface area contributed by atoms with Gasteiger partial charge in [-0.25, -0.2) is 8.78 Å². The fourth-order valence-corrected chi connectivity index (χ4v) is 3.37. The molecule has 1 aliphatic heterocycles. The normalized spacial score (nSPS) is 15.6. The lowest BCUT2D eigenvalue weighted by Crippen LogP contribution is -2.45. The van der Waals surface area contributed by atoms with Gasteiger partial charge in [0.05, 0.1) is 11.8 Å². The number of likely N-dealkylation sites (tertiary alicyclic amines) is 1. The Labute approximate surface area is 145 Å². The molecule has 1 aliphatic rings. The van der Waals surface area contributed by atoms with E-state index in [9.17, 15) is 13.6 Å². The highest BCUT2D eigenvalue weighted by Gasteiger charge is 2.30. The van der Waals surface area contributed by atoms with E-state index in [2.05, 4.69) is 22.1 Å². The van der Waals surface area contributed by atoms with Gasteiger partial charge in [-0.2, -0.15) is 5.10 Å². The molecule has 1 aromatic heterocycles. The highest BCUT2D eigenvalue weighted by Crippen LogP contribution is 2.26. The van der Waals surface area contributed by atoms with Crippen molar-refractivity contribution in [3.8, 4) is 0 Å². The second kappa shape index (κ2) is 7.21. The van der Waals surface area contributed by atoms with Gasteiger partial charge in [0, 0.05) is 38.9 Å². The summed E-state index contributed by atoms with van der Waals surface area (Å²) >= 11 is 0. The summed E-state index contributed by atoms with van der Waals surface area (Å²) in [5.41, 5.74) is 0.834. The van der Waals surface area contributed by atoms with Crippen LogP contribution >= 0.6 is 0 Å². The van der Waals surface area contributed by atoms with Crippen molar-refractivity contribution < 1.29 is 13.6 Å². The molecule has 0 spiro atoms. The number of aromatic nitrogens is 2. The third-order valence-corrected chi connectivity index (χ3v) is 4.88. The smallest absolute Gasteiger partial charge is 0.280 e. The maximum absolute atomic E-state index is 13.2. The summed E-state index contributed by atoms with van der Waals surface area (Å²) in [6, 6.07) is 10.4. The van der Waals surface area contributed by atoms with E-state index in [-0.39, 0.29) is 17.2 Å². The summed E-state index contributed by atoms with van der Waals surface area (Å²) in [6.07, 6.45) is 0.141. The largest absolute Gasteiger partial charge is 0.371 e. The van der Waals surface area contributed by atoms with Crippen LogP contribution in [0.4, 0.5) is 14.5 Å². The quantitative estimate of drug-likeness (QED) is 0.853. The molecule has 1 saturated heterocycles. The minimum atomic E-state index is -2.71. The number of hydrogen-bond donors (Lipinski definition) is 0. The van der Waals surface area contributed by atoms with E-state index < -0.39 is 6.43 Å². The highest BCUT2D eigenvalue weighted by atomic mass is 19.3. The SMILES string of the molecule is CN(c1ccccc1)C1CCN(C(=O)c2cnn(C)c2C(F)F)CC1. The van der Waals surface area contributed by atoms with Crippen molar-refractivity contribution in [3.05, 3.63) is 47.8 Å². The van der Waals surface area contributed by atoms with E-state index in [0.717, 1.165) is 23.2 Å². The standard InChI is InChI=1S/C18H22F2N4O/c1-22(13-6-4-3-5-7-13)14-8-10-24(11-9-14)18(25)15-12-21-23(2)16(15)17(19)20/h3-7,12,14,17H,8-11H2,1-2H3. The van der Waals surface area contributed by atoms with Crippen LogP contribution in [0.5, 0.6) is 0 Å². The van der Waals surface area contributed by atoms with Crippen molar-refractivity contribution in [2.24, 2.45) is 7.05 Å². The van der Waals surface area contributed by atoms with Crippen LogP contribution in [0.25, 0.3) is 0 Å².